The molecule has 1 unspecified atom stereocenters. The Hall–Kier alpha value is -2.52. The van der Waals surface area contributed by atoms with Crippen LogP contribution in [0.3, 0.4) is 0 Å². The smallest absolute Gasteiger partial charge is 0.268 e. The van der Waals surface area contributed by atoms with Crippen molar-refractivity contribution in [1.29, 1.82) is 0 Å². The molecule has 4 heterocycles. The van der Waals surface area contributed by atoms with E-state index in [2.05, 4.69) is 27.2 Å². The molecule has 9 heteroatoms. The molecule has 1 amide bonds. The maximum absolute atomic E-state index is 13.3. The monoisotopic (exact) mass is 456 g/mol. The summed E-state index contributed by atoms with van der Waals surface area (Å²) in [6, 6.07) is 2.52. The fraction of sp³-hybridized carbons (Fsp3) is 0.565. The zero-order valence-electron chi connectivity index (χ0n) is 19.3. The van der Waals surface area contributed by atoms with Gasteiger partial charge in [0.25, 0.3) is 5.56 Å². The number of carbonyl (C=O) groups excluding carboxylic acids is 1. The van der Waals surface area contributed by atoms with E-state index in [4.69, 9.17) is 0 Å². The number of fused-ring (bicyclic) bond motifs is 1. The second-order valence-electron chi connectivity index (χ2n) is 8.78. The Labute approximate surface area is 192 Å². The van der Waals surface area contributed by atoms with Crippen molar-refractivity contribution >= 4 is 22.2 Å². The van der Waals surface area contributed by atoms with Crippen LogP contribution in [0.5, 0.6) is 0 Å². The predicted molar refractivity (Wildman–Crippen MR) is 127 cm³/mol. The van der Waals surface area contributed by atoms with E-state index >= 15 is 0 Å². The summed E-state index contributed by atoms with van der Waals surface area (Å²) >= 11 is 1.38. The number of nitrogens with one attached hydrogen (secondary N) is 1. The van der Waals surface area contributed by atoms with Gasteiger partial charge in [0.2, 0.25) is 5.91 Å². The van der Waals surface area contributed by atoms with Gasteiger partial charge in [0.05, 0.1) is 23.4 Å². The molecule has 1 aliphatic rings. The van der Waals surface area contributed by atoms with Gasteiger partial charge in [-0.05, 0) is 52.6 Å². The number of rotatable bonds is 7. The molecule has 0 bridgehead atoms. The lowest BCUT2D eigenvalue weighted by molar-refractivity contribution is -0.120. The summed E-state index contributed by atoms with van der Waals surface area (Å²) in [5.41, 5.74) is 3.21. The normalized spacial score (nSPS) is 17.2. The minimum absolute atomic E-state index is 0.0703. The molecular weight excluding hydrogens is 424 g/mol. The van der Waals surface area contributed by atoms with Crippen molar-refractivity contribution in [2.24, 2.45) is 7.05 Å². The van der Waals surface area contributed by atoms with Gasteiger partial charge in [-0.3, -0.25) is 18.7 Å². The molecule has 4 rings (SSSR count). The Morgan fingerprint density at radius 1 is 1.31 bits per heavy atom. The quantitative estimate of drug-likeness (QED) is 0.553. The number of thiazole rings is 1. The second kappa shape index (κ2) is 9.54. The number of hydrogen-bond acceptors (Lipinski definition) is 6. The van der Waals surface area contributed by atoms with Crippen molar-refractivity contribution in [1.82, 2.24) is 29.4 Å². The van der Waals surface area contributed by atoms with Gasteiger partial charge in [-0.15, -0.1) is 11.3 Å². The van der Waals surface area contributed by atoms with Crippen LogP contribution < -0.4 is 10.9 Å². The van der Waals surface area contributed by atoms with Gasteiger partial charge in [-0.1, -0.05) is 6.42 Å². The Morgan fingerprint density at radius 2 is 2.12 bits per heavy atom. The van der Waals surface area contributed by atoms with Gasteiger partial charge >= 0.3 is 0 Å². The summed E-state index contributed by atoms with van der Waals surface area (Å²) in [7, 11) is 1.85. The highest BCUT2D eigenvalue weighted by Crippen LogP contribution is 2.22. The standard InChI is InChI=1S/C23H32N6O2S/c1-15-8-5-6-10-28(15)11-7-9-24-20(30)13-18-14-32-23-25-17(3)21(22(31)29(18)23)19-12-16(2)27(4)26-19/h12,14-15H,5-11,13H2,1-4H3,(H,24,30). The third kappa shape index (κ3) is 4.63. The number of amides is 1. The Bertz CT molecular complexity index is 1160. The van der Waals surface area contributed by atoms with Crippen LogP contribution in [-0.4, -0.2) is 55.6 Å². The van der Waals surface area contributed by atoms with Crippen LogP contribution in [0.2, 0.25) is 0 Å². The molecule has 1 fully saturated rings. The SMILES string of the molecule is Cc1nc2scc(CC(=O)NCCCN3CCCCC3C)n2c(=O)c1-c1cc(C)n(C)n1. The molecule has 1 aliphatic heterocycles. The van der Waals surface area contributed by atoms with Crippen molar-refractivity contribution in [3.8, 4) is 11.3 Å². The molecule has 32 heavy (non-hydrogen) atoms. The topological polar surface area (TPSA) is 84.5 Å². The average molecular weight is 457 g/mol. The first-order valence-corrected chi connectivity index (χ1v) is 12.2. The maximum Gasteiger partial charge on any atom is 0.268 e. The van der Waals surface area contributed by atoms with Gasteiger partial charge in [0.15, 0.2) is 4.96 Å². The van der Waals surface area contributed by atoms with E-state index in [1.54, 1.807) is 9.08 Å². The van der Waals surface area contributed by atoms with Crippen molar-refractivity contribution < 1.29 is 4.79 Å². The third-order valence-electron chi connectivity index (χ3n) is 6.42. The van der Waals surface area contributed by atoms with Crippen LogP contribution in [0.4, 0.5) is 0 Å². The van der Waals surface area contributed by atoms with Crippen molar-refractivity contribution in [2.45, 2.75) is 58.9 Å². The number of aromatic nitrogens is 4. The first kappa shape index (κ1) is 22.7. The van der Waals surface area contributed by atoms with Gasteiger partial charge in [0.1, 0.15) is 0 Å². The van der Waals surface area contributed by atoms with Gasteiger partial charge in [-0.2, -0.15) is 5.10 Å². The first-order valence-electron chi connectivity index (χ1n) is 11.4. The Morgan fingerprint density at radius 3 is 2.84 bits per heavy atom. The van der Waals surface area contributed by atoms with Crippen molar-refractivity contribution in [3.63, 3.8) is 0 Å². The van der Waals surface area contributed by atoms with Crippen LogP contribution in [-0.2, 0) is 18.3 Å². The lowest BCUT2D eigenvalue weighted by Gasteiger charge is -2.33. The molecule has 0 saturated carbocycles. The van der Waals surface area contributed by atoms with E-state index in [0.29, 0.717) is 40.2 Å². The average Bonchev–Trinajstić information content (AvgIpc) is 3.29. The first-order chi connectivity index (χ1) is 15.3. The minimum atomic E-state index is -0.172. The highest BCUT2D eigenvalue weighted by Gasteiger charge is 2.20. The molecule has 0 aliphatic carbocycles. The minimum Gasteiger partial charge on any atom is -0.356 e. The molecule has 1 N–H and O–H groups in total. The number of nitrogens with zero attached hydrogens (tertiary/aromatic N) is 5. The molecule has 8 nitrogen and oxygen atoms in total. The van der Waals surface area contributed by atoms with Crippen LogP contribution in [0.15, 0.2) is 16.2 Å². The van der Waals surface area contributed by atoms with Crippen LogP contribution >= 0.6 is 11.3 Å². The summed E-state index contributed by atoms with van der Waals surface area (Å²) in [6.07, 6.45) is 4.94. The number of carbonyl (C=O) groups is 1. The van der Waals surface area contributed by atoms with E-state index in [1.807, 2.05) is 32.3 Å². The van der Waals surface area contributed by atoms with E-state index in [-0.39, 0.29) is 17.9 Å². The summed E-state index contributed by atoms with van der Waals surface area (Å²) in [6.45, 7) is 8.88. The van der Waals surface area contributed by atoms with Gasteiger partial charge in [-0.25, -0.2) is 4.98 Å². The molecule has 1 saturated heterocycles. The Kier molecular flexibility index (Phi) is 6.76. The summed E-state index contributed by atoms with van der Waals surface area (Å²) < 4.78 is 3.31. The molecule has 172 valence electrons. The molecule has 0 radical (unpaired) electrons. The third-order valence-corrected chi connectivity index (χ3v) is 7.29. The summed E-state index contributed by atoms with van der Waals surface area (Å²) in [4.78, 5) is 33.6. The maximum atomic E-state index is 13.3. The van der Waals surface area contributed by atoms with Crippen molar-refractivity contribution in [2.75, 3.05) is 19.6 Å². The molecule has 0 aromatic carbocycles. The lowest BCUT2D eigenvalue weighted by Crippen LogP contribution is -2.39. The fourth-order valence-corrected chi connectivity index (χ4v) is 5.36. The molecule has 3 aromatic heterocycles. The van der Waals surface area contributed by atoms with Gasteiger partial charge < -0.3 is 10.2 Å². The second-order valence-corrected chi connectivity index (χ2v) is 9.61. The number of aryl methyl sites for hydroxylation is 3. The lowest BCUT2D eigenvalue weighted by atomic mass is 10.0. The predicted octanol–water partition coefficient (Wildman–Crippen LogP) is 2.70. The van der Waals surface area contributed by atoms with Crippen LogP contribution in [0, 0.1) is 13.8 Å². The number of hydrogen-bond donors (Lipinski definition) is 1. The van der Waals surface area contributed by atoms with Crippen LogP contribution in [0.1, 0.15) is 49.7 Å². The Balaban J connectivity index is 1.44. The molecule has 0 spiro atoms. The molecule has 3 aromatic rings. The zero-order valence-corrected chi connectivity index (χ0v) is 20.2. The van der Waals surface area contributed by atoms with E-state index in [1.165, 1.54) is 30.6 Å². The number of piperidine rings is 1. The summed E-state index contributed by atoms with van der Waals surface area (Å²) in [5.74, 6) is -0.0703. The van der Waals surface area contributed by atoms with E-state index < -0.39 is 0 Å². The van der Waals surface area contributed by atoms with Crippen molar-refractivity contribution in [3.05, 3.63) is 38.9 Å². The zero-order chi connectivity index (χ0) is 22.8. The molecular formula is C23H32N6O2S. The largest absolute Gasteiger partial charge is 0.356 e. The van der Waals surface area contributed by atoms with E-state index in [9.17, 15) is 9.59 Å². The van der Waals surface area contributed by atoms with Crippen LogP contribution in [0.25, 0.3) is 16.2 Å². The number of likely N-dealkylation sites (tertiary alicyclic amines) is 1. The molecule has 1 atom stereocenters. The van der Waals surface area contributed by atoms with Gasteiger partial charge in [0, 0.05) is 42.9 Å². The highest BCUT2D eigenvalue weighted by molar-refractivity contribution is 7.15. The van der Waals surface area contributed by atoms with E-state index in [0.717, 1.165) is 25.2 Å². The highest BCUT2D eigenvalue weighted by atomic mass is 32.1. The fourth-order valence-electron chi connectivity index (χ4n) is 4.43. The summed E-state index contributed by atoms with van der Waals surface area (Å²) in [5, 5.41) is 9.33.